The van der Waals surface area contributed by atoms with E-state index in [4.69, 9.17) is 9.47 Å². The van der Waals surface area contributed by atoms with Gasteiger partial charge in [-0.3, -0.25) is 14.5 Å². The van der Waals surface area contributed by atoms with Gasteiger partial charge in [-0.05, 0) is 24.6 Å². The Hall–Kier alpha value is -3.11. The van der Waals surface area contributed by atoms with Crippen molar-refractivity contribution >= 4 is 39.8 Å². The summed E-state index contributed by atoms with van der Waals surface area (Å²) in [5, 5.41) is 3.16. The quantitative estimate of drug-likeness (QED) is 0.616. The van der Waals surface area contributed by atoms with Gasteiger partial charge in [0.15, 0.2) is 0 Å². The highest BCUT2D eigenvalue weighted by Crippen LogP contribution is 2.34. The number of para-hydroxylation sites is 2. The highest BCUT2D eigenvalue weighted by Gasteiger charge is 2.28. The Bertz CT molecular complexity index is 1030. The molecule has 0 aliphatic carbocycles. The SMILES string of the molecule is COC(=O)c1c(NC(=O)CN2CCN(c3ccccc3OC)CC2)sc(C(=O)N(C)C)c1C. The largest absolute Gasteiger partial charge is 0.495 e. The van der Waals surface area contributed by atoms with Crippen LogP contribution in [0.4, 0.5) is 10.7 Å². The zero-order valence-corrected chi connectivity index (χ0v) is 20.5. The molecule has 1 N–H and O–H groups in total. The molecule has 178 valence electrons. The first kappa shape index (κ1) is 24.5. The van der Waals surface area contributed by atoms with Crippen molar-refractivity contribution in [3.8, 4) is 5.75 Å². The lowest BCUT2D eigenvalue weighted by molar-refractivity contribution is -0.117. The molecule has 3 rings (SSSR count). The summed E-state index contributed by atoms with van der Waals surface area (Å²) in [5.41, 5.74) is 1.77. The molecule has 33 heavy (non-hydrogen) atoms. The van der Waals surface area contributed by atoms with Gasteiger partial charge in [0, 0.05) is 40.3 Å². The second kappa shape index (κ2) is 10.7. The van der Waals surface area contributed by atoms with Gasteiger partial charge in [0.1, 0.15) is 10.8 Å². The minimum absolute atomic E-state index is 0.189. The second-order valence-electron chi connectivity index (χ2n) is 7.93. The number of thiophene rings is 1. The highest BCUT2D eigenvalue weighted by atomic mass is 32.1. The lowest BCUT2D eigenvalue weighted by atomic mass is 10.1. The van der Waals surface area contributed by atoms with Gasteiger partial charge >= 0.3 is 5.97 Å². The van der Waals surface area contributed by atoms with Crippen LogP contribution in [0.15, 0.2) is 24.3 Å². The summed E-state index contributed by atoms with van der Waals surface area (Å²) in [6.07, 6.45) is 0. The molecule has 9 nitrogen and oxygen atoms in total. The van der Waals surface area contributed by atoms with Crippen molar-refractivity contribution in [3.05, 3.63) is 40.3 Å². The third-order valence-electron chi connectivity index (χ3n) is 5.56. The number of hydrogen-bond acceptors (Lipinski definition) is 8. The van der Waals surface area contributed by atoms with Crippen LogP contribution >= 0.6 is 11.3 Å². The Labute approximate surface area is 197 Å². The number of methoxy groups -OCH3 is 2. The fourth-order valence-electron chi connectivity index (χ4n) is 3.76. The monoisotopic (exact) mass is 474 g/mol. The van der Waals surface area contributed by atoms with Crippen LogP contribution in [0.1, 0.15) is 25.6 Å². The maximum absolute atomic E-state index is 12.8. The van der Waals surface area contributed by atoms with Crippen LogP contribution in [0.5, 0.6) is 5.75 Å². The molecule has 2 heterocycles. The van der Waals surface area contributed by atoms with Gasteiger partial charge in [0.25, 0.3) is 5.91 Å². The molecule has 2 amide bonds. The first-order chi connectivity index (χ1) is 15.8. The number of nitrogens with one attached hydrogen (secondary N) is 1. The summed E-state index contributed by atoms with van der Waals surface area (Å²) in [6, 6.07) is 7.89. The molecule has 0 atom stereocenters. The van der Waals surface area contributed by atoms with E-state index in [1.807, 2.05) is 24.3 Å². The minimum atomic E-state index is -0.581. The minimum Gasteiger partial charge on any atom is -0.495 e. The molecule has 0 radical (unpaired) electrons. The summed E-state index contributed by atoms with van der Waals surface area (Å²) in [5.74, 6) is -0.218. The van der Waals surface area contributed by atoms with Crippen LogP contribution in [0.2, 0.25) is 0 Å². The van der Waals surface area contributed by atoms with E-state index < -0.39 is 5.97 Å². The van der Waals surface area contributed by atoms with E-state index in [0.717, 1.165) is 35.9 Å². The molecule has 1 saturated heterocycles. The number of benzene rings is 1. The van der Waals surface area contributed by atoms with Crippen molar-refractivity contribution in [2.45, 2.75) is 6.92 Å². The van der Waals surface area contributed by atoms with Crippen LogP contribution in [0.25, 0.3) is 0 Å². The maximum Gasteiger partial charge on any atom is 0.341 e. The molecule has 0 spiro atoms. The number of nitrogens with zero attached hydrogens (tertiary/aromatic N) is 3. The number of carbonyl (C=O) groups excluding carboxylic acids is 3. The molecule has 0 unspecified atom stereocenters. The molecule has 1 aliphatic heterocycles. The lowest BCUT2D eigenvalue weighted by Crippen LogP contribution is -2.48. The number of ether oxygens (including phenoxy) is 2. The van der Waals surface area contributed by atoms with E-state index >= 15 is 0 Å². The standard InChI is InChI=1S/C23H30N4O5S/c1-15-19(23(30)32-5)21(33-20(15)22(29)25(2)3)24-18(28)14-26-10-12-27(13-11-26)16-8-6-7-9-17(16)31-4/h6-9H,10-14H2,1-5H3,(H,24,28). The van der Waals surface area contributed by atoms with Gasteiger partial charge in [-0.15, -0.1) is 11.3 Å². The zero-order chi connectivity index (χ0) is 24.1. The van der Waals surface area contributed by atoms with Crippen LogP contribution in [-0.2, 0) is 9.53 Å². The van der Waals surface area contributed by atoms with Gasteiger partial charge in [-0.2, -0.15) is 0 Å². The number of anilines is 2. The Morgan fingerprint density at radius 3 is 2.36 bits per heavy atom. The van der Waals surface area contributed by atoms with E-state index in [0.29, 0.717) is 28.5 Å². The first-order valence-corrected chi connectivity index (χ1v) is 11.4. The Morgan fingerprint density at radius 2 is 1.76 bits per heavy atom. The van der Waals surface area contributed by atoms with Crippen LogP contribution in [0.3, 0.4) is 0 Å². The van der Waals surface area contributed by atoms with Crippen molar-refractivity contribution in [1.82, 2.24) is 9.80 Å². The number of rotatable bonds is 7. The smallest absolute Gasteiger partial charge is 0.341 e. The number of esters is 1. The summed E-state index contributed by atoms with van der Waals surface area (Å²) < 4.78 is 10.3. The van der Waals surface area contributed by atoms with Crippen molar-refractivity contribution < 1.29 is 23.9 Å². The van der Waals surface area contributed by atoms with E-state index in [1.165, 1.54) is 12.0 Å². The van der Waals surface area contributed by atoms with Crippen molar-refractivity contribution in [2.24, 2.45) is 0 Å². The zero-order valence-electron chi connectivity index (χ0n) is 19.6. The molecule has 1 fully saturated rings. The predicted molar refractivity (Wildman–Crippen MR) is 129 cm³/mol. The summed E-state index contributed by atoms with van der Waals surface area (Å²) >= 11 is 1.09. The van der Waals surface area contributed by atoms with Crippen molar-refractivity contribution in [3.63, 3.8) is 0 Å². The average Bonchev–Trinajstić information content (AvgIpc) is 3.13. The third-order valence-corrected chi connectivity index (χ3v) is 6.75. The molecular formula is C23H30N4O5S. The highest BCUT2D eigenvalue weighted by molar-refractivity contribution is 7.18. The number of amides is 2. The maximum atomic E-state index is 12.8. The average molecular weight is 475 g/mol. The summed E-state index contributed by atoms with van der Waals surface area (Å²) in [6.45, 7) is 4.83. The number of hydrogen-bond donors (Lipinski definition) is 1. The van der Waals surface area contributed by atoms with Crippen LogP contribution in [-0.4, -0.2) is 88.6 Å². The fourth-order valence-corrected chi connectivity index (χ4v) is 5.00. The third kappa shape index (κ3) is 5.45. The number of carbonyl (C=O) groups is 3. The van der Waals surface area contributed by atoms with E-state index in [2.05, 4.69) is 15.1 Å². The van der Waals surface area contributed by atoms with Gasteiger partial charge in [0.2, 0.25) is 5.91 Å². The van der Waals surface area contributed by atoms with Crippen LogP contribution < -0.4 is 15.0 Å². The normalized spacial score (nSPS) is 14.0. The molecule has 0 bridgehead atoms. The molecule has 1 aromatic carbocycles. The fraction of sp³-hybridized carbons (Fsp3) is 0.435. The van der Waals surface area contributed by atoms with E-state index in [9.17, 15) is 14.4 Å². The van der Waals surface area contributed by atoms with Gasteiger partial charge in [-0.25, -0.2) is 4.79 Å². The number of piperazine rings is 1. The molecule has 2 aromatic rings. The van der Waals surface area contributed by atoms with Crippen LogP contribution in [0, 0.1) is 6.92 Å². The molecule has 1 aliphatic rings. The van der Waals surface area contributed by atoms with Gasteiger partial charge in [-0.1, -0.05) is 12.1 Å². The molecule has 1 aromatic heterocycles. The van der Waals surface area contributed by atoms with Crippen molar-refractivity contribution in [2.75, 3.05) is 71.3 Å². The molecular weight excluding hydrogens is 444 g/mol. The topological polar surface area (TPSA) is 91.4 Å². The Kier molecular flexibility index (Phi) is 7.93. The van der Waals surface area contributed by atoms with Gasteiger partial charge < -0.3 is 24.6 Å². The van der Waals surface area contributed by atoms with E-state index in [-0.39, 0.29) is 23.9 Å². The Balaban J connectivity index is 1.66. The van der Waals surface area contributed by atoms with Crippen molar-refractivity contribution in [1.29, 1.82) is 0 Å². The first-order valence-electron chi connectivity index (χ1n) is 10.6. The van der Waals surface area contributed by atoms with Gasteiger partial charge in [0.05, 0.1) is 36.9 Å². The predicted octanol–water partition coefficient (Wildman–Crippen LogP) is 2.31. The van der Waals surface area contributed by atoms with E-state index in [1.54, 1.807) is 28.1 Å². The Morgan fingerprint density at radius 1 is 1.09 bits per heavy atom. The molecule has 0 saturated carbocycles. The second-order valence-corrected chi connectivity index (χ2v) is 8.96. The lowest BCUT2D eigenvalue weighted by Gasteiger charge is -2.36. The summed E-state index contributed by atoms with van der Waals surface area (Å²) in [4.78, 5) is 43.8. The molecule has 10 heteroatoms. The summed E-state index contributed by atoms with van der Waals surface area (Å²) in [7, 11) is 6.22.